The van der Waals surface area contributed by atoms with E-state index in [4.69, 9.17) is 0 Å². The van der Waals surface area contributed by atoms with Gasteiger partial charge in [-0.25, -0.2) is 4.39 Å². The third-order valence-electron chi connectivity index (χ3n) is 5.12. The molecule has 34 heavy (non-hydrogen) atoms. The molecule has 0 unspecified atom stereocenters. The summed E-state index contributed by atoms with van der Waals surface area (Å²) in [7, 11) is 0. The van der Waals surface area contributed by atoms with Gasteiger partial charge >= 0.3 is 6.18 Å². The molecule has 2 aromatic carbocycles. The third kappa shape index (κ3) is 8.12. The maximum Gasteiger partial charge on any atom is 0.431 e. The molecule has 3 N–H and O–H groups in total. The lowest BCUT2D eigenvalue weighted by molar-refractivity contribution is -0.112. The summed E-state index contributed by atoms with van der Waals surface area (Å²) in [5, 5.41) is 14.5. The molecule has 2 aromatic rings. The predicted molar refractivity (Wildman–Crippen MR) is 137 cm³/mol. The number of halogens is 5. The molecule has 0 aliphatic heterocycles. The Morgan fingerprint density at radius 2 is 1.65 bits per heavy atom. The fourth-order valence-corrected chi connectivity index (χ4v) is 2.98. The van der Waals surface area contributed by atoms with Crippen LogP contribution in [0.5, 0.6) is 0 Å². The van der Waals surface area contributed by atoms with Gasteiger partial charge in [0.25, 0.3) is 5.91 Å². The number of rotatable bonds is 7. The molecule has 0 atom stereocenters. The van der Waals surface area contributed by atoms with Crippen molar-refractivity contribution in [1.82, 2.24) is 5.32 Å². The molecule has 9 heteroatoms. The highest BCUT2D eigenvalue weighted by molar-refractivity contribution is 14.1. The second kappa shape index (κ2) is 13.5. The van der Waals surface area contributed by atoms with Crippen molar-refractivity contribution in [1.29, 1.82) is 0 Å². The first-order chi connectivity index (χ1) is 16.0. The van der Waals surface area contributed by atoms with Crippen LogP contribution in [-0.2, 0) is 11.4 Å². The fourth-order valence-electron chi connectivity index (χ4n) is 2.98. The van der Waals surface area contributed by atoms with Gasteiger partial charge in [-0.1, -0.05) is 35.6 Å². The third-order valence-corrected chi connectivity index (χ3v) is 5.12. The molecular formula is C25H29F4IN2O2. The number of carbonyl (C=O) groups excluding carboxylic acids is 1. The normalized spacial score (nSPS) is 12.7. The molecule has 1 amide bonds. The molecule has 186 valence electrons. The number of nitrogens with one attached hydrogen (secondary N) is 2. The quantitative estimate of drug-likeness (QED) is 0.142. The Morgan fingerprint density at radius 1 is 1.06 bits per heavy atom. The van der Waals surface area contributed by atoms with Gasteiger partial charge in [0.15, 0.2) is 0 Å². The Labute approximate surface area is 211 Å². The predicted octanol–water partition coefficient (Wildman–Crippen LogP) is 6.88. The first-order valence-electron chi connectivity index (χ1n) is 10.4. The zero-order chi connectivity index (χ0) is 26.1. The fraction of sp³-hybridized carbons (Fsp3) is 0.320. The second-order valence-electron chi connectivity index (χ2n) is 7.39. The van der Waals surface area contributed by atoms with Crippen LogP contribution < -0.4 is 10.6 Å². The minimum absolute atomic E-state index is 0.0200. The van der Waals surface area contributed by atoms with E-state index < -0.39 is 23.6 Å². The SMILES string of the molecule is CC/C(C)=C(/N/C(=C(\C)C(=O)Nc1ccc(C)c(CO)c1)c1ccc(F)cc1)C(F)(F)F.CI. The maximum absolute atomic E-state index is 13.7. The summed E-state index contributed by atoms with van der Waals surface area (Å²) >= 11 is 2.15. The zero-order valence-electron chi connectivity index (χ0n) is 19.7. The number of aryl methyl sites for hydroxylation is 1. The van der Waals surface area contributed by atoms with E-state index in [0.29, 0.717) is 11.3 Å². The van der Waals surface area contributed by atoms with Crippen molar-refractivity contribution in [2.75, 3.05) is 10.2 Å². The number of alkyl halides is 4. The molecule has 0 aliphatic rings. The molecule has 0 heterocycles. The average molecular weight is 592 g/mol. The van der Waals surface area contributed by atoms with Crippen LogP contribution in [0.1, 0.15) is 43.9 Å². The van der Waals surface area contributed by atoms with E-state index in [1.54, 1.807) is 32.0 Å². The number of aliphatic hydroxyl groups is 1. The molecule has 2 rings (SSSR count). The van der Waals surface area contributed by atoms with E-state index in [2.05, 4.69) is 33.2 Å². The van der Waals surface area contributed by atoms with Gasteiger partial charge in [-0.15, -0.1) is 0 Å². The van der Waals surface area contributed by atoms with Crippen LogP contribution in [0.15, 0.2) is 59.3 Å². The maximum atomic E-state index is 13.7. The van der Waals surface area contributed by atoms with Gasteiger partial charge in [0.05, 0.1) is 12.3 Å². The van der Waals surface area contributed by atoms with Crippen LogP contribution in [0.25, 0.3) is 5.70 Å². The lowest BCUT2D eigenvalue weighted by atomic mass is 10.0. The summed E-state index contributed by atoms with van der Waals surface area (Å²) in [6.45, 7) is 5.93. The lowest BCUT2D eigenvalue weighted by Gasteiger charge is -2.21. The number of carbonyl (C=O) groups is 1. The molecule has 0 saturated heterocycles. The van der Waals surface area contributed by atoms with Crippen molar-refractivity contribution in [3.05, 3.63) is 81.8 Å². The minimum Gasteiger partial charge on any atom is -0.392 e. The van der Waals surface area contributed by atoms with E-state index in [1.807, 2.05) is 4.93 Å². The zero-order valence-corrected chi connectivity index (χ0v) is 21.9. The van der Waals surface area contributed by atoms with Gasteiger partial charge in [-0.3, -0.25) is 4.79 Å². The Hall–Kier alpha value is -2.40. The van der Waals surface area contributed by atoms with Crippen molar-refractivity contribution in [3.8, 4) is 0 Å². The van der Waals surface area contributed by atoms with Crippen LogP contribution in [-0.4, -0.2) is 22.1 Å². The Bertz CT molecular complexity index is 1050. The molecule has 0 aromatic heterocycles. The topological polar surface area (TPSA) is 61.4 Å². The molecule has 0 radical (unpaired) electrons. The summed E-state index contributed by atoms with van der Waals surface area (Å²) in [5.41, 5.74) is 1.05. The van der Waals surface area contributed by atoms with E-state index in [1.165, 1.54) is 26.0 Å². The highest BCUT2D eigenvalue weighted by Crippen LogP contribution is 2.31. The number of hydrogen-bond donors (Lipinski definition) is 3. The van der Waals surface area contributed by atoms with Crippen LogP contribution in [0.3, 0.4) is 0 Å². The lowest BCUT2D eigenvalue weighted by Crippen LogP contribution is -2.29. The molecular weight excluding hydrogens is 563 g/mol. The van der Waals surface area contributed by atoms with Gasteiger partial charge in [0, 0.05) is 11.3 Å². The van der Waals surface area contributed by atoms with Gasteiger partial charge in [0.2, 0.25) is 0 Å². The van der Waals surface area contributed by atoms with Gasteiger partial charge < -0.3 is 15.7 Å². The highest BCUT2D eigenvalue weighted by atomic mass is 127. The summed E-state index contributed by atoms with van der Waals surface area (Å²) in [6, 6.07) is 9.77. The number of amides is 1. The second-order valence-corrected chi connectivity index (χ2v) is 7.39. The largest absolute Gasteiger partial charge is 0.431 e. The molecule has 0 bridgehead atoms. The summed E-state index contributed by atoms with van der Waals surface area (Å²) in [5.74, 6) is -1.19. The van der Waals surface area contributed by atoms with Gasteiger partial charge in [0.1, 0.15) is 11.5 Å². The van der Waals surface area contributed by atoms with Crippen molar-refractivity contribution >= 4 is 39.9 Å². The van der Waals surface area contributed by atoms with Crippen LogP contribution in [0.2, 0.25) is 0 Å². The van der Waals surface area contributed by atoms with Crippen LogP contribution in [0.4, 0.5) is 23.2 Å². The Balaban J connectivity index is 0.00000281. The molecule has 0 saturated carbocycles. The summed E-state index contributed by atoms with van der Waals surface area (Å²) in [4.78, 5) is 14.9. The van der Waals surface area contributed by atoms with Crippen LogP contribution in [0, 0.1) is 12.7 Å². The van der Waals surface area contributed by atoms with Crippen molar-refractivity contribution in [2.24, 2.45) is 0 Å². The molecule has 0 fully saturated rings. The standard InChI is InChI=1S/C24H26F4N2O2.CH3I/c1-5-14(2)22(24(26,27)28)30-21(17-7-9-19(25)10-8-17)16(4)23(32)29-20-11-6-15(3)18(12-20)13-31;1-2/h6-12,30-31H,5,13H2,1-4H3,(H,29,32);1H3/b21-16+,22-14+;. The monoisotopic (exact) mass is 592 g/mol. The van der Waals surface area contributed by atoms with Crippen molar-refractivity contribution in [3.63, 3.8) is 0 Å². The number of aliphatic hydroxyl groups excluding tert-OH is 1. The van der Waals surface area contributed by atoms with E-state index in [0.717, 1.165) is 17.7 Å². The van der Waals surface area contributed by atoms with Gasteiger partial charge in [-0.2, -0.15) is 13.2 Å². The Kier molecular flexibility index (Phi) is 11.7. The Morgan fingerprint density at radius 3 is 2.15 bits per heavy atom. The van der Waals surface area contributed by atoms with Gasteiger partial charge in [-0.05, 0) is 90.8 Å². The summed E-state index contributed by atoms with van der Waals surface area (Å²) < 4.78 is 54.5. The molecule has 4 nitrogen and oxygen atoms in total. The minimum atomic E-state index is -4.67. The first-order valence-corrected chi connectivity index (χ1v) is 12.5. The number of allylic oxidation sites excluding steroid dienone is 2. The number of anilines is 1. The molecule has 0 spiro atoms. The van der Waals surface area contributed by atoms with Crippen molar-refractivity contribution in [2.45, 2.75) is 46.9 Å². The smallest absolute Gasteiger partial charge is 0.392 e. The van der Waals surface area contributed by atoms with Crippen LogP contribution >= 0.6 is 22.6 Å². The van der Waals surface area contributed by atoms with E-state index in [-0.39, 0.29) is 35.4 Å². The number of benzene rings is 2. The van der Waals surface area contributed by atoms with E-state index in [9.17, 15) is 27.5 Å². The van der Waals surface area contributed by atoms with E-state index >= 15 is 0 Å². The highest BCUT2D eigenvalue weighted by Gasteiger charge is 2.36. The average Bonchev–Trinajstić information content (AvgIpc) is 2.81. The first kappa shape index (κ1) is 29.6. The summed E-state index contributed by atoms with van der Waals surface area (Å²) in [6.07, 6.45) is -4.52. The van der Waals surface area contributed by atoms with Crippen molar-refractivity contribution < 1.29 is 27.5 Å². The number of hydrogen-bond acceptors (Lipinski definition) is 3. The molecule has 0 aliphatic carbocycles.